The van der Waals surface area contributed by atoms with Crippen LogP contribution in [0.2, 0.25) is 0 Å². The van der Waals surface area contributed by atoms with Gasteiger partial charge in [0.1, 0.15) is 0 Å². The first-order chi connectivity index (χ1) is 1.73. The molecule has 0 spiro atoms. The molecular formula is CoMnMoO. The number of hydrogen-bond acceptors (Lipinski definition) is 1. The van der Waals surface area contributed by atoms with Gasteiger partial charge in [0.2, 0.25) is 0 Å². The van der Waals surface area contributed by atoms with E-state index in [4.69, 9.17) is 0 Å². The van der Waals surface area contributed by atoms with Gasteiger partial charge in [-0.15, -0.1) is 0 Å². The van der Waals surface area contributed by atoms with Crippen LogP contribution >= 0.6 is 0 Å². The molecule has 0 saturated heterocycles. The molecule has 0 aromatic heterocycles. The molecule has 28 valence electrons. The van der Waals surface area contributed by atoms with Crippen LogP contribution in [0.3, 0.4) is 0 Å². The molecule has 0 aliphatic carbocycles. The Morgan fingerprint density at radius 1 is 2.00 bits per heavy atom. The molecule has 1 nitrogen and oxygen atoms in total. The third kappa shape index (κ3) is 9.69. The fourth-order valence-corrected chi connectivity index (χ4v) is 0. The maximum atomic E-state index is 9.48. The van der Waals surface area contributed by atoms with E-state index in [1.807, 2.05) is 0 Å². The molecule has 0 aromatic carbocycles. The normalized spacial score (nSPS) is 6.25. The summed E-state index contributed by atoms with van der Waals surface area (Å²) >= 11 is 4.18. The molecule has 0 bridgehead atoms. The van der Waals surface area contributed by atoms with Gasteiger partial charge < -0.3 is 0 Å². The molecule has 0 rings (SSSR count). The standard InChI is InChI=1S/Co.Mn.Mo.O. The second-order valence-corrected chi connectivity index (χ2v) is 8.06. The van der Waals surface area contributed by atoms with E-state index in [1.165, 1.54) is 0 Å². The van der Waals surface area contributed by atoms with Crippen LogP contribution in [-0.2, 0) is 40.8 Å². The van der Waals surface area contributed by atoms with Gasteiger partial charge in [-0.1, -0.05) is 0 Å². The van der Waals surface area contributed by atoms with Gasteiger partial charge in [0.25, 0.3) is 0 Å². The SMILES string of the molecule is [O]=[Mo](=[Mn])=[Co]. The van der Waals surface area contributed by atoms with Gasteiger partial charge in [0, 0.05) is 0 Å². The van der Waals surface area contributed by atoms with E-state index in [0.717, 1.165) is 0 Å². The van der Waals surface area contributed by atoms with E-state index < -0.39 is 12.0 Å². The molecule has 0 aliphatic heterocycles. The van der Waals surface area contributed by atoms with E-state index in [2.05, 4.69) is 25.4 Å². The summed E-state index contributed by atoms with van der Waals surface area (Å²) in [6, 6.07) is 0. The van der Waals surface area contributed by atoms with Crippen LogP contribution in [0.25, 0.3) is 0 Å². The van der Waals surface area contributed by atoms with Gasteiger partial charge in [-0.25, -0.2) is 0 Å². The van der Waals surface area contributed by atoms with Crippen molar-refractivity contribution in [3.63, 3.8) is 0 Å². The Kier molecular flexibility index (Phi) is 3.77. The van der Waals surface area contributed by atoms with Gasteiger partial charge in [-0.3, -0.25) is 0 Å². The average Bonchev–Trinajstić information content (AvgIpc) is 0.811. The van der Waals surface area contributed by atoms with Crippen molar-refractivity contribution in [3.8, 4) is 0 Å². The van der Waals surface area contributed by atoms with Crippen molar-refractivity contribution < 1.29 is 40.8 Å². The van der Waals surface area contributed by atoms with Gasteiger partial charge >= 0.3 is 40.8 Å². The Hall–Kier alpha value is 1.51. The minimum absolute atomic E-state index is 2.11. The zero-order chi connectivity index (χ0) is 3.58. The van der Waals surface area contributed by atoms with Gasteiger partial charge in [-0.2, -0.15) is 0 Å². The van der Waals surface area contributed by atoms with Crippen LogP contribution in [0, 0.1) is 0 Å². The fraction of sp³-hybridized carbons (Fsp3) is 0. The van der Waals surface area contributed by atoms with Crippen LogP contribution in [-0.4, -0.2) is 0 Å². The molecule has 4 heteroatoms. The molecule has 0 heterocycles. The van der Waals surface area contributed by atoms with Crippen LogP contribution in [0.4, 0.5) is 0 Å². The second-order valence-electron chi connectivity index (χ2n) is 0.170. The van der Waals surface area contributed by atoms with Crippen molar-refractivity contribution in [1.82, 2.24) is 0 Å². The van der Waals surface area contributed by atoms with Gasteiger partial charge in [-0.05, 0) is 0 Å². The van der Waals surface area contributed by atoms with Crippen LogP contribution in [0.15, 0.2) is 0 Å². The van der Waals surface area contributed by atoms with E-state index in [9.17, 15) is 3.40 Å². The number of rotatable bonds is 0. The first kappa shape index (κ1) is 5.51. The molecule has 0 amide bonds. The first-order valence-corrected chi connectivity index (χ1v) is 8.07. The summed E-state index contributed by atoms with van der Waals surface area (Å²) in [6.45, 7) is 0. The molecule has 0 saturated carbocycles. The summed E-state index contributed by atoms with van der Waals surface area (Å²) < 4.78 is 9.48. The van der Waals surface area contributed by atoms with Crippen molar-refractivity contribution in [2.75, 3.05) is 0 Å². The molecule has 4 heavy (non-hydrogen) atoms. The summed E-state index contributed by atoms with van der Waals surface area (Å²) in [5.74, 6) is 0. The van der Waals surface area contributed by atoms with E-state index >= 15 is 0 Å². The minimum atomic E-state index is -2.11. The monoisotopic (exact) mass is 228 g/mol. The molecule has 0 radical (unpaired) electrons. The van der Waals surface area contributed by atoms with E-state index in [0.29, 0.717) is 0 Å². The second kappa shape index (κ2) is 2.74. The summed E-state index contributed by atoms with van der Waals surface area (Å²) in [4.78, 5) is 0. The zero-order valence-electron chi connectivity index (χ0n) is 1.53. The molecule has 0 aromatic rings. The molecule has 0 atom stereocenters. The van der Waals surface area contributed by atoms with E-state index in [-0.39, 0.29) is 0 Å². The Bertz CT molecular complexity index is 77.4. The predicted octanol–water partition coefficient (Wildman–Crippen LogP) is -0.126. The maximum absolute atomic E-state index is 9.48. The van der Waals surface area contributed by atoms with Crippen LogP contribution < -0.4 is 0 Å². The van der Waals surface area contributed by atoms with Crippen LogP contribution in [0.1, 0.15) is 0 Å². The van der Waals surface area contributed by atoms with Crippen molar-refractivity contribution >= 4 is 0 Å². The van der Waals surface area contributed by atoms with Crippen molar-refractivity contribution in [2.45, 2.75) is 0 Å². The molecular weight excluding hydrogens is 226 g/mol. The Morgan fingerprint density at radius 2 is 2.00 bits per heavy atom. The fourth-order valence-electron chi connectivity index (χ4n) is 0. The van der Waals surface area contributed by atoms with Crippen molar-refractivity contribution in [2.24, 2.45) is 0 Å². The third-order valence-corrected chi connectivity index (χ3v) is 0. The number of hydrogen-bond donors (Lipinski definition) is 0. The molecule has 0 fully saturated rings. The first-order valence-electron chi connectivity index (χ1n) is 0.457. The summed E-state index contributed by atoms with van der Waals surface area (Å²) in [6.07, 6.45) is 0. The summed E-state index contributed by atoms with van der Waals surface area (Å²) in [7, 11) is 0. The topological polar surface area (TPSA) is 17.1 Å². The van der Waals surface area contributed by atoms with Gasteiger partial charge in [0.05, 0.1) is 0 Å². The van der Waals surface area contributed by atoms with Crippen molar-refractivity contribution in [1.29, 1.82) is 0 Å². The van der Waals surface area contributed by atoms with Gasteiger partial charge in [0.15, 0.2) is 0 Å². The summed E-state index contributed by atoms with van der Waals surface area (Å²) in [5, 5.41) is 0. The molecule has 0 aliphatic rings. The Morgan fingerprint density at radius 3 is 2.00 bits per heavy atom. The Balaban J connectivity index is 4.65. The Labute approximate surface area is 40.6 Å². The quantitative estimate of drug-likeness (QED) is 0.526. The van der Waals surface area contributed by atoms with Crippen LogP contribution in [0.5, 0.6) is 0 Å². The average molecular weight is 226 g/mol. The zero-order valence-corrected chi connectivity index (χ0v) is 5.76. The molecule has 0 unspecified atom stereocenters. The predicted molar refractivity (Wildman–Crippen MR) is 0.686 cm³/mol. The summed E-state index contributed by atoms with van der Waals surface area (Å²) in [5.41, 5.74) is 0. The molecule has 0 N–H and O–H groups in total. The van der Waals surface area contributed by atoms with Crippen molar-refractivity contribution in [3.05, 3.63) is 0 Å². The van der Waals surface area contributed by atoms with E-state index in [1.54, 1.807) is 0 Å². The third-order valence-electron chi connectivity index (χ3n) is 0.